The molecular weight excluding hydrogens is 458 g/mol. The zero-order valence-corrected chi connectivity index (χ0v) is 21.0. The average molecular weight is 482 g/mol. The molecule has 0 bridgehead atoms. The van der Waals surface area contributed by atoms with Crippen LogP contribution in [0.15, 0.2) is 57.7 Å². The van der Waals surface area contributed by atoms with E-state index in [0.717, 1.165) is 37.1 Å². The van der Waals surface area contributed by atoms with E-state index in [9.17, 15) is 9.59 Å². The summed E-state index contributed by atoms with van der Waals surface area (Å²) in [6.07, 6.45) is 0. The van der Waals surface area contributed by atoms with Gasteiger partial charge in [-0.1, -0.05) is 78.2 Å². The number of anilines is 1. The lowest BCUT2D eigenvalue weighted by atomic mass is 9.83. The summed E-state index contributed by atoms with van der Waals surface area (Å²) in [4.78, 5) is 29.2. The van der Waals surface area contributed by atoms with E-state index >= 15 is 0 Å². The van der Waals surface area contributed by atoms with Crippen LogP contribution in [0.5, 0.6) is 0 Å². The first-order chi connectivity index (χ1) is 15.2. The number of hydrogen-bond donors (Lipinski definition) is 0. The zero-order valence-electron chi connectivity index (χ0n) is 18.5. The van der Waals surface area contributed by atoms with E-state index in [4.69, 9.17) is 17.0 Å². The molecule has 1 amide bonds. The predicted octanol–water partition coefficient (Wildman–Crippen LogP) is 6.20. The maximum atomic E-state index is 12.6. The Balaban J connectivity index is 1.94. The topological polar surface area (TPSA) is 46.6 Å². The number of carbonyl (C=O) groups is 2. The molecule has 0 atom stereocenters. The van der Waals surface area contributed by atoms with Gasteiger partial charge in [-0.25, -0.2) is 4.79 Å². The summed E-state index contributed by atoms with van der Waals surface area (Å²) in [5.74, 6) is -0.425. The van der Waals surface area contributed by atoms with Crippen molar-refractivity contribution in [1.82, 2.24) is 0 Å². The third-order valence-electron chi connectivity index (χ3n) is 5.53. The summed E-state index contributed by atoms with van der Waals surface area (Å²) < 4.78 is 6.01. The lowest BCUT2D eigenvalue weighted by Gasteiger charge is -2.45. The molecule has 0 saturated heterocycles. The monoisotopic (exact) mass is 481 g/mol. The average Bonchev–Trinajstić information content (AvgIpc) is 3.19. The van der Waals surface area contributed by atoms with E-state index < -0.39 is 5.54 Å². The van der Waals surface area contributed by atoms with Gasteiger partial charge in [0.15, 0.2) is 0 Å². The van der Waals surface area contributed by atoms with Crippen molar-refractivity contribution in [1.29, 1.82) is 0 Å². The van der Waals surface area contributed by atoms with Gasteiger partial charge in [-0.3, -0.25) is 4.79 Å². The molecule has 0 spiro atoms. The van der Waals surface area contributed by atoms with Crippen molar-refractivity contribution in [2.24, 2.45) is 0 Å². The molecule has 4 rings (SSSR count). The van der Waals surface area contributed by atoms with Crippen molar-refractivity contribution >= 4 is 68.6 Å². The fraction of sp³-hybridized carbons (Fsp3) is 0.240. The number of fused-ring (bicyclic) bond motifs is 1. The second-order valence-corrected chi connectivity index (χ2v) is 10.9. The number of benzene rings is 2. The van der Waals surface area contributed by atoms with Crippen LogP contribution in [0.2, 0.25) is 0 Å². The molecular formula is C25H23NO3S3. The van der Waals surface area contributed by atoms with Crippen LogP contribution in [-0.2, 0) is 14.3 Å². The Morgan fingerprint density at radius 2 is 1.75 bits per heavy atom. The van der Waals surface area contributed by atoms with E-state index in [1.807, 2.05) is 69.3 Å². The van der Waals surface area contributed by atoms with Crippen LogP contribution in [0.3, 0.4) is 0 Å². The number of methoxy groups -OCH3 is 1. The Labute approximate surface area is 202 Å². The van der Waals surface area contributed by atoms with Crippen LogP contribution >= 0.6 is 35.7 Å². The van der Waals surface area contributed by atoms with Gasteiger partial charge in [-0.2, -0.15) is 0 Å². The summed E-state index contributed by atoms with van der Waals surface area (Å²) >= 11 is 8.91. The van der Waals surface area contributed by atoms with Gasteiger partial charge in [0, 0.05) is 23.0 Å². The molecule has 0 fully saturated rings. The number of aryl methyl sites for hydroxylation is 1. The predicted molar refractivity (Wildman–Crippen MR) is 138 cm³/mol. The Morgan fingerprint density at radius 1 is 1.06 bits per heavy atom. The summed E-state index contributed by atoms with van der Waals surface area (Å²) in [6, 6.07) is 15.9. The van der Waals surface area contributed by atoms with Crippen molar-refractivity contribution in [3.63, 3.8) is 0 Å². The first-order valence-corrected chi connectivity index (χ1v) is 12.2. The van der Waals surface area contributed by atoms with Gasteiger partial charge in [-0.05, 0) is 38.0 Å². The highest BCUT2D eigenvalue weighted by atomic mass is 32.2. The zero-order chi connectivity index (χ0) is 23.2. The number of carbonyl (C=O) groups excluding carboxylic acids is 2. The molecule has 32 heavy (non-hydrogen) atoms. The molecule has 0 unspecified atom stereocenters. The first-order valence-electron chi connectivity index (χ1n) is 10.1. The highest BCUT2D eigenvalue weighted by Gasteiger charge is 2.44. The molecule has 2 aliphatic heterocycles. The van der Waals surface area contributed by atoms with E-state index in [1.165, 1.54) is 30.6 Å². The van der Waals surface area contributed by atoms with Crippen LogP contribution in [-0.4, -0.2) is 29.4 Å². The Bertz CT molecular complexity index is 1210. The molecule has 2 heterocycles. The molecule has 2 aromatic carbocycles. The molecule has 2 aromatic rings. The van der Waals surface area contributed by atoms with Gasteiger partial charge in [0.1, 0.15) is 4.91 Å². The highest BCUT2D eigenvalue weighted by molar-refractivity contribution is 8.32. The van der Waals surface area contributed by atoms with E-state index in [-0.39, 0.29) is 11.9 Å². The third kappa shape index (κ3) is 3.72. The smallest absolute Gasteiger partial charge is 0.345 e. The summed E-state index contributed by atoms with van der Waals surface area (Å²) in [5, 5.41) is 0. The number of thiocarbonyl (C=S) groups is 1. The molecule has 0 aromatic heterocycles. The van der Waals surface area contributed by atoms with Crippen LogP contribution in [0.1, 0.15) is 37.5 Å². The SMILES string of the molecule is COC(=O)C1=C(c2ccccc2)S/C(=C2\C(=S)C(C)(C)N(C(C)=O)c3cc(C)ccc32)S1. The normalized spacial score (nSPS) is 19.8. The van der Waals surface area contributed by atoms with Crippen LogP contribution < -0.4 is 4.90 Å². The fourth-order valence-electron chi connectivity index (χ4n) is 4.04. The molecule has 0 radical (unpaired) electrons. The van der Waals surface area contributed by atoms with Crippen LogP contribution in [0.25, 0.3) is 10.5 Å². The lowest BCUT2D eigenvalue weighted by molar-refractivity contribution is -0.135. The number of amides is 1. The van der Waals surface area contributed by atoms with Gasteiger partial charge in [0.05, 0.1) is 27.4 Å². The van der Waals surface area contributed by atoms with Crippen LogP contribution in [0, 0.1) is 6.92 Å². The lowest BCUT2D eigenvalue weighted by Crippen LogP contribution is -2.55. The summed E-state index contributed by atoms with van der Waals surface area (Å²) in [6.45, 7) is 7.52. The van der Waals surface area contributed by atoms with Crippen LogP contribution in [0.4, 0.5) is 5.69 Å². The Morgan fingerprint density at radius 3 is 2.38 bits per heavy atom. The summed E-state index contributed by atoms with van der Waals surface area (Å²) in [5.41, 5.74) is 3.98. The standard InChI is InChI=1S/C25H23NO3S3/c1-14-11-12-17-18(13-14)26(15(2)27)25(3,4)22(30)19(17)24-31-20(16-9-7-6-8-10-16)21(32-24)23(28)29-5/h6-13H,1-5H3/b24-19+. The molecule has 7 heteroatoms. The second-order valence-electron chi connectivity index (χ2n) is 8.15. The van der Waals surface area contributed by atoms with Gasteiger partial charge in [0.2, 0.25) is 5.91 Å². The number of esters is 1. The van der Waals surface area contributed by atoms with Gasteiger partial charge < -0.3 is 9.64 Å². The second kappa shape index (κ2) is 8.54. The van der Waals surface area contributed by atoms with Crippen molar-refractivity contribution in [3.8, 4) is 0 Å². The molecule has 4 nitrogen and oxygen atoms in total. The third-order valence-corrected chi connectivity index (χ3v) is 8.86. The minimum Gasteiger partial charge on any atom is -0.465 e. The quantitative estimate of drug-likeness (QED) is 0.289. The number of hydrogen-bond acceptors (Lipinski definition) is 6. The number of rotatable bonds is 2. The summed E-state index contributed by atoms with van der Waals surface area (Å²) in [7, 11) is 1.39. The minimum atomic E-state index is -0.688. The molecule has 164 valence electrons. The van der Waals surface area contributed by atoms with Crippen molar-refractivity contribution in [2.45, 2.75) is 33.2 Å². The van der Waals surface area contributed by atoms with Crippen molar-refractivity contribution in [2.75, 3.05) is 12.0 Å². The highest BCUT2D eigenvalue weighted by Crippen LogP contribution is 2.58. The maximum absolute atomic E-state index is 12.6. The Hall–Kier alpha value is -2.35. The van der Waals surface area contributed by atoms with E-state index in [0.29, 0.717) is 9.77 Å². The van der Waals surface area contributed by atoms with Crippen molar-refractivity contribution < 1.29 is 14.3 Å². The molecule has 0 N–H and O–H groups in total. The number of ether oxygens (including phenoxy) is 1. The number of thioether (sulfide) groups is 2. The van der Waals surface area contributed by atoms with Gasteiger partial charge in [0.25, 0.3) is 0 Å². The molecule has 2 aliphatic rings. The largest absolute Gasteiger partial charge is 0.465 e. The molecule has 0 aliphatic carbocycles. The van der Waals surface area contributed by atoms with Crippen molar-refractivity contribution in [3.05, 3.63) is 74.4 Å². The molecule has 0 saturated carbocycles. The first kappa shape index (κ1) is 22.8. The Kier molecular flexibility index (Phi) is 6.09. The maximum Gasteiger partial charge on any atom is 0.345 e. The van der Waals surface area contributed by atoms with E-state index in [2.05, 4.69) is 0 Å². The number of nitrogens with zero attached hydrogens (tertiary/aromatic N) is 1. The van der Waals surface area contributed by atoms with E-state index in [1.54, 1.807) is 11.8 Å². The van der Waals surface area contributed by atoms with Gasteiger partial charge in [-0.15, -0.1) is 0 Å². The fourth-order valence-corrected chi connectivity index (χ4v) is 7.20. The van der Waals surface area contributed by atoms with Gasteiger partial charge >= 0.3 is 5.97 Å². The minimum absolute atomic E-state index is 0.0571.